The van der Waals surface area contributed by atoms with Crippen LogP contribution in [-0.4, -0.2) is 40.1 Å². The number of carbonyl (C=O) groups is 1. The molecule has 0 unspecified atom stereocenters. The lowest BCUT2D eigenvalue weighted by atomic mass is 10.2. The lowest BCUT2D eigenvalue weighted by Crippen LogP contribution is -2.46. The van der Waals surface area contributed by atoms with E-state index in [2.05, 4.69) is 14.9 Å². The molecule has 16 heavy (non-hydrogen) atoms. The average Bonchev–Trinajstić information content (AvgIpc) is 2.79. The highest BCUT2D eigenvalue weighted by Crippen LogP contribution is 2.03. The Balaban J connectivity index is 1.62. The van der Waals surface area contributed by atoms with Crippen molar-refractivity contribution in [2.75, 3.05) is 19.6 Å². The third kappa shape index (κ3) is 2.98. The van der Waals surface area contributed by atoms with Gasteiger partial charge in [0.2, 0.25) is 0 Å². The Hall–Kier alpha value is -1.52. The van der Waals surface area contributed by atoms with Crippen LogP contribution in [0.1, 0.15) is 19.3 Å². The molecule has 0 radical (unpaired) electrons. The summed E-state index contributed by atoms with van der Waals surface area (Å²) < 4.78 is 2.07. The van der Waals surface area contributed by atoms with Gasteiger partial charge in [0, 0.05) is 38.6 Å². The van der Waals surface area contributed by atoms with E-state index in [1.54, 1.807) is 6.20 Å². The number of nitrogens with one attached hydrogen (secondary N) is 1. The SMILES string of the molecule is O=C1NCCCN1CCCCn1ccnc1. The lowest BCUT2D eigenvalue weighted by Gasteiger charge is -2.27. The summed E-state index contributed by atoms with van der Waals surface area (Å²) in [6, 6.07) is 0.0916. The number of imidazole rings is 1. The fraction of sp³-hybridized carbons (Fsp3) is 0.636. The maximum atomic E-state index is 11.4. The summed E-state index contributed by atoms with van der Waals surface area (Å²) >= 11 is 0. The van der Waals surface area contributed by atoms with Crippen molar-refractivity contribution >= 4 is 6.03 Å². The number of hydrogen-bond acceptors (Lipinski definition) is 2. The van der Waals surface area contributed by atoms with Gasteiger partial charge in [0.15, 0.2) is 0 Å². The molecule has 0 saturated carbocycles. The largest absolute Gasteiger partial charge is 0.338 e. The van der Waals surface area contributed by atoms with Crippen LogP contribution in [0.15, 0.2) is 18.7 Å². The monoisotopic (exact) mass is 222 g/mol. The summed E-state index contributed by atoms with van der Waals surface area (Å²) in [6.45, 7) is 3.57. The fourth-order valence-corrected chi connectivity index (χ4v) is 1.91. The highest BCUT2D eigenvalue weighted by atomic mass is 16.2. The number of hydrogen-bond donors (Lipinski definition) is 1. The molecule has 0 spiro atoms. The van der Waals surface area contributed by atoms with Gasteiger partial charge in [-0.3, -0.25) is 0 Å². The van der Waals surface area contributed by atoms with Crippen LogP contribution in [0.2, 0.25) is 0 Å². The first-order valence-electron chi connectivity index (χ1n) is 5.85. The molecule has 5 nitrogen and oxygen atoms in total. The molecule has 0 bridgehead atoms. The van der Waals surface area contributed by atoms with Crippen LogP contribution in [0.5, 0.6) is 0 Å². The van der Waals surface area contributed by atoms with E-state index < -0.39 is 0 Å². The Morgan fingerprint density at radius 1 is 1.38 bits per heavy atom. The van der Waals surface area contributed by atoms with Crippen LogP contribution in [0.3, 0.4) is 0 Å². The second kappa shape index (κ2) is 5.53. The third-order valence-corrected chi connectivity index (χ3v) is 2.82. The van der Waals surface area contributed by atoms with Crippen molar-refractivity contribution in [3.05, 3.63) is 18.7 Å². The van der Waals surface area contributed by atoms with E-state index in [0.717, 1.165) is 45.4 Å². The number of amides is 2. The number of aryl methyl sites for hydroxylation is 1. The molecular weight excluding hydrogens is 204 g/mol. The molecule has 1 aromatic heterocycles. The van der Waals surface area contributed by atoms with Crippen molar-refractivity contribution in [2.45, 2.75) is 25.8 Å². The van der Waals surface area contributed by atoms with Crippen molar-refractivity contribution in [3.63, 3.8) is 0 Å². The molecule has 2 amide bonds. The van der Waals surface area contributed by atoms with Gasteiger partial charge in [-0.05, 0) is 19.3 Å². The molecule has 0 aliphatic carbocycles. The molecule has 0 atom stereocenters. The first-order chi connectivity index (χ1) is 7.86. The van der Waals surface area contributed by atoms with Crippen LogP contribution in [0.4, 0.5) is 4.79 Å². The highest BCUT2D eigenvalue weighted by molar-refractivity contribution is 5.74. The number of nitrogens with zero attached hydrogens (tertiary/aromatic N) is 3. The van der Waals surface area contributed by atoms with Gasteiger partial charge in [-0.2, -0.15) is 0 Å². The molecular formula is C11H18N4O. The quantitative estimate of drug-likeness (QED) is 0.758. The van der Waals surface area contributed by atoms with Crippen molar-refractivity contribution in [3.8, 4) is 0 Å². The van der Waals surface area contributed by atoms with Crippen molar-refractivity contribution in [2.24, 2.45) is 0 Å². The zero-order chi connectivity index (χ0) is 11.2. The summed E-state index contributed by atoms with van der Waals surface area (Å²) in [7, 11) is 0. The Kier molecular flexibility index (Phi) is 3.80. The first-order valence-corrected chi connectivity index (χ1v) is 5.85. The zero-order valence-corrected chi connectivity index (χ0v) is 9.43. The van der Waals surface area contributed by atoms with Gasteiger partial charge in [0.1, 0.15) is 0 Å². The van der Waals surface area contributed by atoms with Crippen molar-refractivity contribution in [1.29, 1.82) is 0 Å². The molecule has 2 heterocycles. The third-order valence-electron chi connectivity index (χ3n) is 2.82. The average molecular weight is 222 g/mol. The molecule has 1 aromatic rings. The molecule has 0 aromatic carbocycles. The molecule has 1 N–H and O–H groups in total. The van der Waals surface area contributed by atoms with Crippen LogP contribution >= 0.6 is 0 Å². The number of aromatic nitrogens is 2. The zero-order valence-electron chi connectivity index (χ0n) is 9.43. The van der Waals surface area contributed by atoms with E-state index in [1.165, 1.54) is 0 Å². The van der Waals surface area contributed by atoms with Gasteiger partial charge in [0.25, 0.3) is 0 Å². The lowest BCUT2D eigenvalue weighted by molar-refractivity contribution is 0.185. The van der Waals surface area contributed by atoms with Gasteiger partial charge in [-0.15, -0.1) is 0 Å². The number of urea groups is 1. The van der Waals surface area contributed by atoms with E-state index in [9.17, 15) is 4.79 Å². The Morgan fingerprint density at radius 2 is 2.25 bits per heavy atom. The van der Waals surface area contributed by atoms with Crippen molar-refractivity contribution < 1.29 is 4.79 Å². The molecule has 88 valence electrons. The van der Waals surface area contributed by atoms with Gasteiger partial charge < -0.3 is 14.8 Å². The first kappa shape index (κ1) is 11.0. The van der Waals surface area contributed by atoms with Crippen LogP contribution in [0.25, 0.3) is 0 Å². The number of unbranched alkanes of at least 4 members (excludes halogenated alkanes) is 1. The Labute approximate surface area is 95.5 Å². The molecule has 1 aliphatic heterocycles. The standard InChI is InChI=1S/C11H18N4O/c16-11-13-4-3-8-15(11)7-2-1-6-14-9-5-12-10-14/h5,9-10H,1-4,6-8H2,(H,13,16). The second-order valence-corrected chi connectivity index (χ2v) is 4.08. The number of carbonyl (C=O) groups excluding carboxylic acids is 1. The van der Waals surface area contributed by atoms with Crippen LogP contribution < -0.4 is 5.32 Å². The highest BCUT2D eigenvalue weighted by Gasteiger charge is 2.15. The van der Waals surface area contributed by atoms with Gasteiger partial charge in [-0.1, -0.05) is 0 Å². The van der Waals surface area contributed by atoms with Gasteiger partial charge in [-0.25, -0.2) is 9.78 Å². The van der Waals surface area contributed by atoms with Crippen molar-refractivity contribution in [1.82, 2.24) is 19.8 Å². The number of rotatable bonds is 5. The van der Waals surface area contributed by atoms with E-state index in [1.807, 2.05) is 17.4 Å². The van der Waals surface area contributed by atoms with Crippen LogP contribution in [0, 0.1) is 0 Å². The smallest absolute Gasteiger partial charge is 0.317 e. The predicted octanol–water partition coefficient (Wildman–Crippen LogP) is 1.08. The van der Waals surface area contributed by atoms with Gasteiger partial charge in [0.05, 0.1) is 6.33 Å². The van der Waals surface area contributed by atoms with E-state index >= 15 is 0 Å². The fourth-order valence-electron chi connectivity index (χ4n) is 1.91. The maximum Gasteiger partial charge on any atom is 0.317 e. The maximum absolute atomic E-state index is 11.4. The minimum absolute atomic E-state index is 0.0916. The van der Waals surface area contributed by atoms with Gasteiger partial charge >= 0.3 is 6.03 Å². The Bertz CT molecular complexity index is 323. The molecule has 1 aliphatic rings. The molecule has 5 heteroatoms. The topological polar surface area (TPSA) is 50.2 Å². The van der Waals surface area contributed by atoms with E-state index in [4.69, 9.17) is 0 Å². The van der Waals surface area contributed by atoms with E-state index in [0.29, 0.717) is 0 Å². The molecule has 2 rings (SSSR count). The molecule has 1 fully saturated rings. The van der Waals surface area contributed by atoms with E-state index in [-0.39, 0.29) is 6.03 Å². The summed E-state index contributed by atoms with van der Waals surface area (Å²) in [5.74, 6) is 0. The Morgan fingerprint density at radius 3 is 3.00 bits per heavy atom. The predicted molar refractivity (Wildman–Crippen MR) is 61.0 cm³/mol. The normalized spacial score (nSPS) is 16.2. The summed E-state index contributed by atoms with van der Waals surface area (Å²) in [6.07, 6.45) is 8.78. The summed E-state index contributed by atoms with van der Waals surface area (Å²) in [5.41, 5.74) is 0. The minimum Gasteiger partial charge on any atom is -0.338 e. The second-order valence-electron chi connectivity index (χ2n) is 4.08. The van der Waals surface area contributed by atoms with Crippen LogP contribution in [-0.2, 0) is 6.54 Å². The summed E-state index contributed by atoms with van der Waals surface area (Å²) in [5, 5.41) is 2.86. The summed E-state index contributed by atoms with van der Waals surface area (Å²) in [4.78, 5) is 17.3. The minimum atomic E-state index is 0.0916. The molecule has 1 saturated heterocycles.